The molecule has 4 nitrogen and oxygen atoms in total. The van der Waals surface area contributed by atoms with Crippen LogP contribution < -0.4 is 10.6 Å². The molecule has 20 heavy (non-hydrogen) atoms. The van der Waals surface area contributed by atoms with Gasteiger partial charge in [-0.1, -0.05) is 18.3 Å². The molecule has 2 aromatic rings. The minimum Gasteiger partial charge on any atom is -0.361 e. The fraction of sp³-hybridized carbons (Fsp3) is 0.429. The van der Waals surface area contributed by atoms with Gasteiger partial charge in [0.15, 0.2) is 5.13 Å². The third kappa shape index (κ3) is 3.90. The van der Waals surface area contributed by atoms with Crippen LogP contribution in [-0.4, -0.2) is 23.5 Å². The quantitative estimate of drug-likeness (QED) is 0.860. The van der Waals surface area contributed by atoms with Crippen molar-refractivity contribution in [3.05, 3.63) is 24.0 Å². The molecule has 1 unspecified atom stereocenters. The maximum Gasteiger partial charge on any atom is 0.221 e. The molecule has 1 aromatic heterocycles. The SMILES string of the molecule is CCC(C)NC(=O)CCNc1nc2cc(F)ccc2s1. The molecule has 2 N–H and O–H groups in total. The first-order valence-corrected chi connectivity index (χ1v) is 7.49. The van der Waals surface area contributed by atoms with Crippen molar-refractivity contribution in [3.63, 3.8) is 0 Å². The number of nitrogens with one attached hydrogen (secondary N) is 2. The van der Waals surface area contributed by atoms with Crippen molar-refractivity contribution < 1.29 is 9.18 Å². The van der Waals surface area contributed by atoms with Gasteiger partial charge in [-0.25, -0.2) is 9.37 Å². The highest BCUT2D eigenvalue weighted by Gasteiger charge is 2.07. The number of anilines is 1. The number of rotatable bonds is 6. The summed E-state index contributed by atoms with van der Waals surface area (Å²) < 4.78 is 14.0. The maximum atomic E-state index is 13.1. The van der Waals surface area contributed by atoms with Gasteiger partial charge in [-0.2, -0.15) is 0 Å². The number of carbonyl (C=O) groups is 1. The van der Waals surface area contributed by atoms with E-state index in [2.05, 4.69) is 15.6 Å². The minimum absolute atomic E-state index is 0.0269. The zero-order valence-corrected chi connectivity index (χ0v) is 12.4. The number of thiazole rings is 1. The fourth-order valence-corrected chi connectivity index (χ4v) is 2.58. The Hall–Kier alpha value is -1.69. The van der Waals surface area contributed by atoms with E-state index in [1.165, 1.54) is 23.5 Å². The average Bonchev–Trinajstić information content (AvgIpc) is 2.80. The molecule has 1 atom stereocenters. The van der Waals surface area contributed by atoms with Crippen LogP contribution in [0.4, 0.5) is 9.52 Å². The third-order valence-corrected chi connectivity index (χ3v) is 3.99. The van der Waals surface area contributed by atoms with Crippen molar-refractivity contribution in [3.8, 4) is 0 Å². The van der Waals surface area contributed by atoms with Gasteiger partial charge in [0.25, 0.3) is 0 Å². The van der Waals surface area contributed by atoms with Gasteiger partial charge in [0, 0.05) is 25.1 Å². The predicted octanol–water partition coefficient (Wildman–Crippen LogP) is 3.15. The Bertz CT molecular complexity index is 599. The van der Waals surface area contributed by atoms with E-state index >= 15 is 0 Å². The van der Waals surface area contributed by atoms with Crippen LogP contribution in [0.1, 0.15) is 26.7 Å². The Morgan fingerprint density at radius 2 is 2.30 bits per heavy atom. The lowest BCUT2D eigenvalue weighted by Gasteiger charge is -2.11. The first-order valence-electron chi connectivity index (χ1n) is 6.68. The number of hydrogen-bond acceptors (Lipinski definition) is 4. The van der Waals surface area contributed by atoms with Crippen LogP contribution in [0, 0.1) is 5.82 Å². The van der Waals surface area contributed by atoms with Crippen molar-refractivity contribution in [1.82, 2.24) is 10.3 Å². The lowest BCUT2D eigenvalue weighted by atomic mass is 10.2. The van der Waals surface area contributed by atoms with Gasteiger partial charge in [-0.05, 0) is 25.5 Å². The van der Waals surface area contributed by atoms with E-state index in [1.807, 2.05) is 13.8 Å². The number of hydrogen-bond donors (Lipinski definition) is 2. The summed E-state index contributed by atoms with van der Waals surface area (Å²) in [7, 11) is 0. The highest BCUT2D eigenvalue weighted by atomic mass is 32.1. The predicted molar refractivity (Wildman–Crippen MR) is 80.6 cm³/mol. The summed E-state index contributed by atoms with van der Waals surface area (Å²) in [5, 5.41) is 6.71. The summed E-state index contributed by atoms with van der Waals surface area (Å²) >= 11 is 1.46. The zero-order chi connectivity index (χ0) is 14.5. The molecule has 0 saturated heterocycles. The molecule has 1 heterocycles. The van der Waals surface area contributed by atoms with Crippen LogP contribution in [0.15, 0.2) is 18.2 Å². The number of aromatic nitrogens is 1. The van der Waals surface area contributed by atoms with Gasteiger partial charge >= 0.3 is 0 Å². The second kappa shape index (κ2) is 6.65. The van der Waals surface area contributed by atoms with Crippen molar-refractivity contribution in [2.45, 2.75) is 32.7 Å². The molecule has 108 valence electrons. The lowest BCUT2D eigenvalue weighted by Crippen LogP contribution is -2.32. The lowest BCUT2D eigenvalue weighted by molar-refractivity contribution is -0.121. The van der Waals surface area contributed by atoms with Crippen molar-refractivity contribution in [2.24, 2.45) is 0 Å². The first kappa shape index (κ1) is 14.7. The monoisotopic (exact) mass is 295 g/mol. The standard InChI is InChI=1S/C14H18FN3OS/c1-3-9(2)17-13(19)6-7-16-14-18-11-8-10(15)4-5-12(11)20-14/h4-5,8-9H,3,6-7H2,1-2H3,(H,16,18)(H,17,19). The molecule has 0 saturated carbocycles. The molecule has 2 rings (SSSR count). The number of carbonyl (C=O) groups excluding carboxylic acids is 1. The summed E-state index contributed by atoms with van der Waals surface area (Å²) in [6.07, 6.45) is 1.32. The van der Waals surface area contributed by atoms with Gasteiger partial charge in [0.2, 0.25) is 5.91 Å². The molecular formula is C14H18FN3OS. The highest BCUT2D eigenvalue weighted by Crippen LogP contribution is 2.26. The summed E-state index contributed by atoms with van der Waals surface area (Å²) in [6.45, 7) is 4.53. The number of nitrogens with zero attached hydrogens (tertiary/aromatic N) is 1. The topological polar surface area (TPSA) is 54.0 Å². The maximum absolute atomic E-state index is 13.1. The normalized spacial score (nSPS) is 12.3. The first-order chi connectivity index (χ1) is 9.58. The molecule has 0 bridgehead atoms. The number of amides is 1. The Kier molecular flexibility index (Phi) is 4.89. The van der Waals surface area contributed by atoms with E-state index in [0.29, 0.717) is 23.6 Å². The molecule has 0 fully saturated rings. The van der Waals surface area contributed by atoms with Gasteiger partial charge in [0.1, 0.15) is 5.82 Å². The molecule has 0 aliphatic carbocycles. The highest BCUT2D eigenvalue weighted by molar-refractivity contribution is 7.22. The summed E-state index contributed by atoms with van der Waals surface area (Å²) in [5.41, 5.74) is 0.640. The molecule has 0 aliphatic heterocycles. The molecule has 6 heteroatoms. The van der Waals surface area contributed by atoms with Gasteiger partial charge in [-0.3, -0.25) is 4.79 Å². The van der Waals surface area contributed by atoms with Crippen LogP contribution in [0.3, 0.4) is 0 Å². The Morgan fingerprint density at radius 3 is 3.05 bits per heavy atom. The van der Waals surface area contributed by atoms with E-state index in [1.54, 1.807) is 6.07 Å². The second-order valence-electron chi connectivity index (χ2n) is 4.68. The number of benzene rings is 1. The van der Waals surface area contributed by atoms with Crippen LogP contribution in [-0.2, 0) is 4.79 Å². The zero-order valence-electron chi connectivity index (χ0n) is 11.6. The van der Waals surface area contributed by atoms with E-state index in [-0.39, 0.29) is 17.8 Å². The molecule has 0 spiro atoms. The fourth-order valence-electron chi connectivity index (χ4n) is 1.71. The van der Waals surface area contributed by atoms with Crippen molar-refractivity contribution >= 4 is 32.6 Å². The number of fused-ring (bicyclic) bond motifs is 1. The minimum atomic E-state index is -0.290. The molecule has 1 aromatic carbocycles. The van der Waals surface area contributed by atoms with Gasteiger partial charge < -0.3 is 10.6 Å². The summed E-state index contributed by atoms with van der Waals surface area (Å²) in [5.74, 6) is -0.263. The average molecular weight is 295 g/mol. The van der Waals surface area contributed by atoms with Crippen molar-refractivity contribution in [1.29, 1.82) is 0 Å². The second-order valence-corrected chi connectivity index (χ2v) is 5.72. The molecule has 0 radical (unpaired) electrons. The van der Waals surface area contributed by atoms with Crippen LogP contribution >= 0.6 is 11.3 Å². The van der Waals surface area contributed by atoms with Gasteiger partial charge in [-0.15, -0.1) is 0 Å². The number of halogens is 1. The Balaban J connectivity index is 1.85. The van der Waals surface area contributed by atoms with Crippen molar-refractivity contribution in [2.75, 3.05) is 11.9 Å². The van der Waals surface area contributed by atoms with Crippen LogP contribution in [0.5, 0.6) is 0 Å². The Morgan fingerprint density at radius 1 is 1.50 bits per heavy atom. The largest absolute Gasteiger partial charge is 0.361 e. The van der Waals surface area contributed by atoms with E-state index in [0.717, 1.165) is 11.1 Å². The molecule has 0 aliphatic rings. The Labute approximate surface area is 121 Å². The van der Waals surface area contributed by atoms with E-state index in [4.69, 9.17) is 0 Å². The van der Waals surface area contributed by atoms with E-state index < -0.39 is 0 Å². The van der Waals surface area contributed by atoms with Crippen LogP contribution in [0.2, 0.25) is 0 Å². The molecular weight excluding hydrogens is 277 g/mol. The van der Waals surface area contributed by atoms with Gasteiger partial charge in [0.05, 0.1) is 10.2 Å². The summed E-state index contributed by atoms with van der Waals surface area (Å²) in [6, 6.07) is 4.74. The molecule has 1 amide bonds. The third-order valence-electron chi connectivity index (χ3n) is 3.00. The van der Waals surface area contributed by atoms with E-state index in [9.17, 15) is 9.18 Å². The smallest absolute Gasteiger partial charge is 0.221 e. The van der Waals surface area contributed by atoms with Crippen LogP contribution in [0.25, 0.3) is 10.2 Å². The summed E-state index contributed by atoms with van der Waals surface area (Å²) in [4.78, 5) is 15.9.